The number of hydrogen-bond donors (Lipinski definition) is 0. The SMILES string of the molecule is CC=CCCCCCCc1ccccc1. The predicted octanol–water partition coefficient (Wildman–Crippen LogP) is 4.76. The van der Waals surface area contributed by atoms with Gasteiger partial charge >= 0.3 is 0 Å². The zero-order valence-electron chi connectivity index (χ0n) is 9.78. The molecule has 0 aromatic heterocycles. The third-order valence-electron chi connectivity index (χ3n) is 2.66. The standard InChI is InChI=1S/C15H22/c1-2-3-4-5-6-7-9-12-15-13-10-8-11-14-15/h2-3,8,10-11,13-14H,4-7,9,12H2,1H3. The molecule has 0 unspecified atom stereocenters. The highest BCUT2D eigenvalue weighted by molar-refractivity contribution is 5.14. The molecule has 0 bridgehead atoms. The molecule has 0 atom stereocenters. The van der Waals surface area contributed by atoms with Crippen LogP contribution in [0, 0.1) is 0 Å². The predicted molar refractivity (Wildman–Crippen MR) is 68.0 cm³/mol. The molecule has 82 valence electrons. The van der Waals surface area contributed by atoms with Gasteiger partial charge in [-0.15, -0.1) is 0 Å². The van der Waals surface area contributed by atoms with Crippen molar-refractivity contribution in [3.05, 3.63) is 48.0 Å². The van der Waals surface area contributed by atoms with Crippen LogP contribution in [-0.2, 0) is 6.42 Å². The Bertz CT molecular complexity index is 259. The fraction of sp³-hybridized carbons (Fsp3) is 0.467. The molecule has 1 aromatic carbocycles. The quantitative estimate of drug-likeness (QED) is 0.442. The van der Waals surface area contributed by atoms with E-state index < -0.39 is 0 Å². The molecule has 15 heavy (non-hydrogen) atoms. The van der Waals surface area contributed by atoms with E-state index in [9.17, 15) is 0 Å². The van der Waals surface area contributed by atoms with Crippen molar-refractivity contribution in [3.8, 4) is 0 Å². The van der Waals surface area contributed by atoms with E-state index in [1.807, 2.05) is 0 Å². The number of rotatable bonds is 7. The topological polar surface area (TPSA) is 0 Å². The molecule has 0 fully saturated rings. The van der Waals surface area contributed by atoms with Gasteiger partial charge in [0.1, 0.15) is 0 Å². The van der Waals surface area contributed by atoms with E-state index in [2.05, 4.69) is 49.4 Å². The Labute approximate surface area is 94.0 Å². The lowest BCUT2D eigenvalue weighted by molar-refractivity contribution is 0.646. The van der Waals surface area contributed by atoms with Crippen molar-refractivity contribution in [2.24, 2.45) is 0 Å². The lowest BCUT2D eigenvalue weighted by atomic mass is 10.1. The molecule has 0 heteroatoms. The molecule has 0 heterocycles. The first-order valence-corrected chi connectivity index (χ1v) is 6.08. The minimum Gasteiger partial charge on any atom is -0.0917 e. The number of allylic oxidation sites excluding steroid dienone is 2. The highest BCUT2D eigenvalue weighted by Crippen LogP contribution is 2.08. The summed E-state index contributed by atoms with van der Waals surface area (Å²) in [7, 11) is 0. The Morgan fingerprint density at radius 2 is 1.67 bits per heavy atom. The van der Waals surface area contributed by atoms with Gasteiger partial charge < -0.3 is 0 Å². The summed E-state index contributed by atoms with van der Waals surface area (Å²) in [5, 5.41) is 0. The van der Waals surface area contributed by atoms with Crippen LogP contribution in [0.2, 0.25) is 0 Å². The maximum atomic E-state index is 2.26. The Hall–Kier alpha value is -1.04. The van der Waals surface area contributed by atoms with Crippen molar-refractivity contribution in [2.45, 2.75) is 45.4 Å². The molecule has 0 spiro atoms. The maximum absolute atomic E-state index is 2.26. The number of aryl methyl sites for hydroxylation is 1. The summed E-state index contributed by atoms with van der Waals surface area (Å²) < 4.78 is 0. The second-order valence-electron chi connectivity index (χ2n) is 4.01. The first kappa shape index (κ1) is 12.0. The Kier molecular flexibility index (Phi) is 6.64. The van der Waals surface area contributed by atoms with Gasteiger partial charge in [-0.2, -0.15) is 0 Å². The van der Waals surface area contributed by atoms with Gasteiger partial charge in [0.05, 0.1) is 0 Å². The molecular weight excluding hydrogens is 180 g/mol. The molecule has 0 amide bonds. The maximum Gasteiger partial charge on any atom is -0.0279 e. The summed E-state index contributed by atoms with van der Waals surface area (Å²) in [5.41, 5.74) is 1.48. The van der Waals surface area contributed by atoms with Gasteiger partial charge in [0.2, 0.25) is 0 Å². The molecule has 0 aliphatic rings. The lowest BCUT2D eigenvalue weighted by Gasteiger charge is -2.00. The summed E-state index contributed by atoms with van der Waals surface area (Å²) in [4.78, 5) is 0. The van der Waals surface area contributed by atoms with Crippen LogP contribution in [0.15, 0.2) is 42.5 Å². The normalized spacial score (nSPS) is 11.0. The monoisotopic (exact) mass is 202 g/mol. The van der Waals surface area contributed by atoms with Crippen LogP contribution in [0.4, 0.5) is 0 Å². The van der Waals surface area contributed by atoms with Crippen molar-refractivity contribution < 1.29 is 0 Å². The van der Waals surface area contributed by atoms with Crippen LogP contribution in [0.25, 0.3) is 0 Å². The van der Waals surface area contributed by atoms with Gasteiger partial charge in [-0.1, -0.05) is 55.3 Å². The van der Waals surface area contributed by atoms with Crippen LogP contribution in [0.1, 0.15) is 44.6 Å². The Balaban J connectivity index is 1.98. The minimum atomic E-state index is 1.24. The number of benzene rings is 1. The molecule has 0 saturated heterocycles. The Morgan fingerprint density at radius 3 is 2.40 bits per heavy atom. The van der Waals surface area contributed by atoms with Gasteiger partial charge in [0, 0.05) is 0 Å². The minimum absolute atomic E-state index is 1.24. The van der Waals surface area contributed by atoms with E-state index in [-0.39, 0.29) is 0 Å². The molecule has 0 saturated carbocycles. The third kappa shape index (κ3) is 6.11. The Morgan fingerprint density at radius 1 is 0.933 bits per heavy atom. The highest BCUT2D eigenvalue weighted by atomic mass is 14.0. The second kappa shape index (κ2) is 8.28. The van der Waals surface area contributed by atoms with Crippen molar-refractivity contribution >= 4 is 0 Å². The molecule has 0 aliphatic carbocycles. The molecular formula is C15H22. The van der Waals surface area contributed by atoms with Crippen LogP contribution >= 0.6 is 0 Å². The average Bonchev–Trinajstić information content (AvgIpc) is 2.29. The molecule has 1 aromatic rings. The number of unbranched alkanes of at least 4 members (excludes halogenated alkanes) is 4. The van der Waals surface area contributed by atoms with E-state index in [1.165, 1.54) is 44.1 Å². The van der Waals surface area contributed by atoms with Crippen molar-refractivity contribution in [1.82, 2.24) is 0 Å². The van der Waals surface area contributed by atoms with Crippen LogP contribution in [0.5, 0.6) is 0 Å². The highest BCUT2D eigenvalue weighted by Gasteiger charge is 1.92. The first-order valence-electron chi connectivity index (χ1n) is 6.08. The molecule has 0 N–H and O–H groups in total. The van der Waals surface area contributed by atoms with Crippen LogP contribution < -0.4 is 0 Å². The van der Waals surface area contributed by atoms with Crippen molar-refractivity contribution in [1.29, 1.82) is 0 Å². The van der Waals surface area contributed by atoms with E-state index in [0.717, 1.165) is 0 Å². The summed E-state index contributed by atoms with van der Waals surface area (Å²) in [6.45, 7) is 2.09. The van der Waals surface area contributed by atoms with E-state index >= 15 is 0 Å². The van der Waals surface area contributed by atoms with Crippen LogP contribution in [-0.4, -0.2) is 0 Å². The van der Waals surface area contributed by atoms with E-state index in [4.69, 9.17) is 0 Å². The summed E-state index contributed by atoms with van der Waals surface area (Å²) in [5.74, 6) is 0. The van der Waals surface area contributed by atoms with Crippen molar-refractivity contribution in [2.75, 3.05) is 0 Å². The van der Waals surface area contributed by atoms with E-state index in [1.54, 1.807) is 0 Å². The first-order chi connectivity index (χ1) is 7.43. The zero-order valence-corrected chi connectivity index (χ0v) is 9.78. The fourth-order valence-electron chi connectivity index (χ4n) is 1.76. The van der Waals surface area contributed by atoms with E-state index in [0.29, 0.717) is 0 Å². The summed E-state index contributed by atoms with van der Waals surface area (Å²) >= 11 is 0. The van der Waals surface area contributed by atoms with Gasteiger partial charge in [0.15, 0.2) is 0 Å². The number of hydrogen-bond acceptors (Lipinski definition) is 0. The van der Waals surface area contributed by atoms with Gasteiger partial charge in [-0.05, 0) is 38.2 Å². The van der Waals surface area contributed by atoms with Gasteiger partial charge in [0.25, 0.3) is 0 Å². The van der Waals surface area contributed by atoms with Crippen molar-refractivity contribution in [3.63, 3.8) is 0 Å². The fourth-order valence-corrected chi connectivity index (χ4v) is 1.76. The summed E-state index contributed by atoms with van der Waals surface area (Å²) in [6, 6.07) is 10.8. The molecule has 1 rings (SSSR count). The smallest absolute Gasteiger partial charge is 0.0279 e. The average molecular weight is 202 g/mol. The molecule has 0 radical (unpaired) electrons. The summed E-state index contributed by atoms with van der Waals surface area (Å²) in [6.07, 6.45) is 12.3. The van der Waals surface area contributed by atoms with Crippen LogP contribution in [0.3, 0.4) is 0 Å². The van der Waals surface area contributed by atoms with Gasteiger partial charge in [-0.3, -0.25) is 0 Å². The molecule has 0 nitrogen and oxygen atoms in total. The molecule has 0 aliphatic heterocycles. The largest absolute Gasteiger partial charge is 0.0917 e. The van der Waals surface area contributed by atoms with Gasteiger partial charge in [-0.25, -0.2) is 0 Å². The second-order valence-corrected chi connectivity index (χ2v) is 4.01. The zero-order chi connectivity index (χ0) is 10.8. The lowest BCUT2D eigenvalue weighted by Crippen LogP contribution is -1.85. The third-order valence-corrected chi connectivity index (χ3v) is 2.66.